The van der Waals surface area contributed by atoms with Crippen molar-refractivity contribution in [3.63, 3.8) is 0 Å². The summed E-state index contributed by atoms with van der Waals surface area (Å²) in [4.78, 5) is 11.3. The first-order chi connectivity index (χ1) is 8.25. The van der Waals surface area contributed by atoms with Crippen molar-refractivity contribution >= 4 is 17.5 Å². The van der Waals surface area contributed by atoms with Gasteiger partial charge in [-0.15, -0.1) is 0 Å². The highest BCUT2D eigenvalue weighted by atomic mass is 35.5. The van der Waals surface area contributed by atoms with Gasteiger partial charge >= 0.3 is 0 Å². The van der Waals surface area contributed by atoms with E-state index < -0.39 is 0 Å². The lowest BCUT2D eigenvalue weighted by Crippen LogP contribution is -2.32. The van der Waals surface area contributed by atoms with Crippen molar-refractivity contribution in [2.75, 3.05) is 13.1 Å². The summed E-state index contributed by atoms with van der Waals surface area (Å²) in [7, 11) is 0. The number of benzene rings is 1. The third kappa shape index (κ3) is 4.36. The maximum Gasteiger partial charge on any atom is 0.223 e. The topological polar surface area (TPSA) is 41.1 Å². The molecule has 17 heavy (non-hydrogen) atoms. The van der Waals surface area contributed by atoms with E-state index in [9.17, 15) is 4.79 Å². The van der Waals surface area contributed by atoms with Gasteiger partial charge < -0.3 is 10.6 Å². The second-order valence-electron chi connectivity index (χ2n) is 4.37. The monoisotopic (exact) mass is 252 g/mol. The molecule has 2 rings (SSSR count). The van der Waals surface area contributed by atoms with Crippen molar-refractivity contribution in [2.45, 2.75) is 19.4 Å². The maximum absolute atomic E-state index is 11.3. The molecule has 1 fully saturated rings. The summed E-state index contributed by atoms with van der Waals surface area (Å²) in [5, 5.41) is 6.95. The molecule has 3 nitrogen and oxygen atoms in total. The molecule has 1 aromatic carbocycles. The van der Waals surface area contributed by atoms with Crippen LogP contribution in [0.15, 0.2) is 24.3 Å². The van der Waals surface area contributed by atoms with Gasteiger partial charge in [0.1, 0.15) is 0 Å². The number of carbonyl (C=O) groups excluding carboxylic acids is 1. The second kappa shape index (κ2) is 6.03. The van der Waals surface area contributed by atoms with Gasteiger partial charge in [-0.25, -0.2) is 0 Å². The molecule has 1 saturated carbocycles. The molecule has 4 heteroatoms. The minimum Gasteiger partial charge on any atom is -0.355 e. The molecule has 92 valence electrons. The van der Waals surface area contributed by atoms with Crippen LogP contribution in [0.2, 0.25) is 5.02 Å². The molecule has 0 spiro atoms. The Morgan fingerprint density at radius 2 is 1.94 bits per heavy atom. The molecule has 0 bridgehead atoms. The smallest absolute Gasteiger partial charge is 0.223 e. The van der Waals surface area contributed by atoms with E-state index in [0.717, 1.165) is 31.0 Å². The molecule has 0 radical (unpaired) electrons. The standard InChI is InChI=1S/C13H17ClN2O/c14-12-5-1-10(2-6-12)9-15-7-8-16-13(17)11-3-4-11/h1-2,5-6,11,15H,3-4,7-9H2,(H,16,17). The summed E-state index contributed by atoms with van der Waals surface area (Å²) in [6.07, 6.45) is 2.12. The predicted octanol–water partition coefficient (Wildman–Crippen LogP) is 1.96. The first kappa shape index (κ1) is 12.4. The molecule has 1 aliphatic rings. The van der Waals surface area contributed by atoms with Crippen molar-refractivity contribution in [1.29, 1.82) is 0 Å². The van der Waals surface area contributed by atoms with E-state index in [2.05, 4.69) is 10.6 Å². The normalized spacial score (nSPS) is 14.6. The molecule has 0 aromatic heterocycles. The summed E-state index contributed by atoms with van der Waals surface area (Å²) < 4.78 is 0. The summed E-state index contributed by atoms with van der Waals surface area (Å²) in [5.74, 6) is 0.504. The Balaban J connectivity index is 1.56. The zero-order chi connectivity index (χ0) is 12.1. The molecule has 0 saturated heterocycles. The number of hydrogen-bond donors (Lipinski definition) is 2. The summed E-state index contributed by atoms with van der Waals surface area (Å²) in [5.41, 5.74) is 1.20. The molecule has 1 amide bonds. The van der Waals surface area contributed by atoms with Crippen LogP contribution in [0.5, 0.6) is 0 Å². The van der Waals surface area contributed by atoms with Gasteiger partial charge in [0.15, 0.2) is 0 Å². The van der Waals surface area contributed by atoms with Gasteiger partial charge in [-0.1, -0.05) is 23.7 Å². The molecule has 0 unspecified atom stereocenters. The Labute approximate surface area is 107 Å². The number of amides is 1. The van der Waals surface area contributed by atoms with E-state index in [-0.39, 0.29) is 5.91 Å². The van der Waals surface area contributed by atoms with Crippen LogP contribution >= 0.6 is 11.6 Å². The first-order valence-corrected chi connectivity index (χ1v) is 6.36. The molecule has 1 aromatic rings. The highest BCUT2D eigenvalue weighted by Crippen LogP contribution is 2.28. The number of carbonyl (C=O) groups is 1. The van der Waals surface area contributed by atoms with Crippen LogP contribution in [0.4, 0.5) is 0 Å². The minimum absolute atomic E-state index is 0.207. The van der Waals surface area contributed by atoms with E-state index in [4.69, 9.17) is 11.6 Å². The zero-order valence-electron chi connectivity index (χ0n) is 9.71. The van der Waals surface area contributed by atoms with Crippen LogP contribution in [0.3, 0.4) is 0 Å². The number of nitrogens with one attached hydrogen (secondary N) is 2. The molecule has 1 aliphatic carbocycles. The Kier molecular flexibility index (Phi) is 4.40. The lowest BCUT2D eigenvalue weighted by Gasteiger charge is -2.06. The van der Waals surface area contributed by atoms with Gasteiger partial charge in [-0.3, -0.25) is 4.79 Å². The summed E-state index contributed by atoms with van der Waals surface area (Å²) in [6, 6.07) is 7.76. The fraction of sp³-hybridized carbons (Fsp3) is 0.462. The number of hydrogen-bond acceptors (Lipinski definition) is 2. The van der Waals surface area contributed by atoms with E-state index in [1.807, 2.05) is 24.3 Å². The van der Waals surface area contributed by atoms with Crippen LogP contribution in [0, 0.1) is 5.92 Å². The largest absolute Gasteiger partial charge is 0.355 e. The van der Waals surface area contributed by atoms with Gasteiger partial charge in [0, 0.05) is 30.6 Å². The summed E-state index contributed by atoms with van der Waals surface area (Å²) >= 11 is 5.80. The van der Waals surface area contributed by atoms with Crippen LogP contribution in [-0.4, -0.2) is 19.0 Å². The first-order valence-electron chi connectivity index (χ1n) is 5.98. The Hall–Kier alpha value is -1.06. The van der Waals surface area contributed by atoms with Crippen LogP contribution in [0.25, 0.3) is 0 Å². The van der Waals surface area contributed by atoms with Crippen molar-refractivity contribution in [2.24, 2.45) is 5.92 Å². The highest BCUT2D eigenvalue weighted by molar-refractivity contribution is 6.30. The van der Waals surface area contributed by atoms with Crippen LogP contribution < -0.4 is 10.6 Å². The molecular formula is C13H17ClN2O. The van der Waals surface area contributed by atoms with E-state index >= 15 is 0 Å². The number of rotatable bonds is 6. The number of halogens is 1. The third-order valence-electron chi connectivity index (χ3n) is 2.79. The van der Waals surface area contributed by atoms with Crippen molar-refractivity contribution < 1.29 is 4.79 Å². The van der Waals surface area contributed by atoms with Crippen molar-refractivity contribution in [3.8, 4) is 0 Å². The fourth-order valence-electron chi connectivity index (χ4n) is 1.60. The van der Waals surface area contributed by atoms with E-state index in [0.29, 0.717) is 12.5 Å². The van der Waals surface area contributed by atoms with Crippen molar-refractivity contribution in [3.05, 3.63) is 34.9 Å². The average molecular weight is 253 g/mol. The lowest BCUT2D eigenvalue weighted by molar-refractivity contribution is -0.122. The predicted molar refractivity (Wildman–Crippen MR) is 68.9 cm³/mol. The Morgan fingerprint density at radius 1 is 1.24 bits per heavy atom. The molecular weight excluding hydrogens is 236 g/mol. The minimum atomic E-state index is 0.207. The lowest BCUT2D eigenvalue weighted by atomic mass is 10.2. The van der Waals surface area contributed by atoms with Gasteiger partial charge in [0.05, 0.1) is 0 Å². The van der Waals surface area contributed by atoms with Crippen molar-refractivity contribution in [1.82, 2.24) is 10.6 Å². The molecule has 0 atom stereocenters. The van der Waals surface area contributed by atoms with E-state index in [1.54, 1.807) is 0 Å². The van der Waals surface area contributed by atoms with Gasteiger partial charge in [0.25, 0.3) is 0 Å². The average Bonchev–Trinajstić information content (AvgIpc) is 3.15. The maximum atomic E-state index is 11.3. The van der Waals surface area contributed by atoms with Gasteiger partial charge in [0.2, 0.25) is 5.91 Å². The quantitative estimate of drug-likeness (QED) is 0.760. The highest BCUT2D eigenvalue weighted by Gasteiger charge is 2.28. The molecule has 0 aliphatic heterocycles. The SMILES string of the molecule is O=C(NCCNCc1ccc(Cl)cc1)C1CC1. The fourth-order valence-corrected chi connectivity index (χ4v) is 1.72. The van der Waals surface area contributed by atoms with Gasteiger partial charge in [-0.05, 0) is 30.5 Å². The Bertz CT molecular complexity index is 374. The Morgan fingerprint density at radius 3 is 2.59 bits per heavy atom. The zero-order valence-corrected chi connectivity index (χ0v) is 10.5. The van der Waals surface area contributed by atoms with E-state index in [1.165, 1.54) is 5.56 Å². The summed E-state index contributed by atoms with van der Waals surface area (Å²) in [6.45, 7) is 2.29. The van der Waals surface area contributed by atoms with Crippen LogP contribution in [0.1, 0.15) is 18.4 Å². The molecule has 2 N–H and O–H groups in total. The molecule has 0 heterocycles. The second-order valence-corrected chi connectivity index (χ2v) is 4.80. The van der Waals surface area contributed by atoms with Crippen LogP contribution in [-0.2, 0) is 11.3 Å². The van der Waals surface area contributed by atoms with Gasteiger partial charge in [-0.2, -0.15) is 0 Å². The third-order valence-corrected chi connectivity index (χ3v) is 3.04.